The van der Waals surface area contributed by atoms with E-state index in [4.69, 9.17) is 28.8 Å². The lowest BCUT2D eigenvalue weighted by Gasteiger charge is -2.25. The minimum Gasteiger partial charge on any atom is -0.493 e. The number of rotatable bonds is 7. The second-order valence-corrected chi connectivity index (χ2v) is 6.32. The zero-order valence-corrected chi connectivity index (χ0v) is 16.7. The molecule has 8 heteroatoms. The molecule has 1 aliphatic rings. The maximum atomic E-state index is 11.1. The maximum absolute atomic E-state index is 11.1. The van der Waals surface area contributed by atoms with Crippen LogP contribution in [0.25, 0.3) is 0 Å². The molecule has 29 heavy (non-hydrogen) atoms. The summed E-state index contributed by atoms with van der Waals surface area (Å²) in [6, 6.07) is 9.20. The van der Waals surface area contributed by atoms with Gasteiger partial charge in [0.25, 0.3) is 0 Å². The summed E-state index contributed by atoms with van der Waals surface area (Å²) < 4.78 is 26.5. The fraction of sp³-hybridized carbons (Fsp3) is 0.333. The summed E-state index contributed by atoms with van der Waals surface area (Å²) in [6.45, 7) is 0.192. The number of benzene rings is 2. The predicted octanol–water partition coefficient (Wildman–Crippen LogP) is 3.50. The fourth-order valence-electron chi connectivity index (χ4n) is 3.35. The zero-order valence-electron chi connectivity index (χ0n) is 16.7. The van der Waals surface area contributed by atoms with Crippen molar-refractivity contribution in [2.45, 2.75) is 12.5 Å². The van der Waals surface area contributed by atoms with Gasteiger partial charge in [0, 0.05) is 23.3 Å². The molecule has 1 N–H and O–H groups in total. The van der Waals surface area contributed by atoms with Crippen LogP contribution in [0, 0.1) is 0 Å². The molecule has 0 aliphatic carbocycles. The number of carboxylic acid groups (broad SMARTS) is 1. The molecule has 0 fully saturated rings. The summed E-state index contributed by atoms with van der Waals surface area (Å²) in [6.07, 6.45) is -1.55. The van der Waals surface area contributed by atoms with Gasteiger partial charge in [-0.2, -0.15) is 0 Å². The first kappa shape index (κ1) is 20.3. The zero-order chi connectivity index (χ0) is 21.0. The van der Waals surface area contributed by atoms with Crippen LogP contribution in [0.2, 0.25) is 0 Å². The molecule has 8 nitrogen and oxygen atoms in total. The smallest absolute Gasteiger partial charge is 0.493 e. The molecular weight excluding hydrogens is 378 g/mol. The van der Waals surface area contributed by atoms with Crippen LogP contribution in [0.1, 0.15) is 22.8 Å². The lowest BCUT2D eigenvalue weighted by molar-refractivity contribution is 0.0540. The van der Waals surface area contributed by atoms with Crippen LogP contribution in [-0.4, -0.2) is 52.0 Å². The first-order valence-electron chi connectivity index (χ1n) is 8.90. The molecule has 0 saturated heterocycles. The number of ether oxygens (including phenoxy) is 5. The van der Waals surface area contributed by atoms with Gasteiger partial charge in [0.1, 0.15) is 0 Å². The Kier molecular flexibility index (Phi) is 6.11. The molecule has 1 heterocycles. The molecule has 154 valence electrons. The third-order valence-electron chi connectivity index (χ3n) is 4.72. The number of nitrogens with zero attached hydrogens (tertiary/aromatic N) is 1. The third kappa shape index (κ3) is 4.21. The van der Waals surface area contributed by atoms with Gasteiger partial charge in [-0.25, -0.2) is 4.79 Å². The SMILES string of the molecule is COc1ccc(CC2=NCC(OC(=O)O)c3cc(OC)c(OC)cc32)cc1OC. The van der Waals surface area contributed by atoms with Gasteiger partial charge in [-0.15, -0.1) is 0 Å². The van der Waals surface area contributed by atoms with Crippen molar-refractivity contribution < 1.29 is 33.6 Å². The van der Waals surface area contributed by atoms with E-state index in [2.05, 4.69) is 4.99 Å². The van der Waals surface area contributed by atoms with E-state index in [0.717, 1.165) is 16.8 Å². The second-order valence-electron chi connectivity index (χ2n) is 6.32. The van der Waals surface area contributed by atoms with Gasteiger partial charge in [-0.1, -0.05) is 6.07 Å². The Labute approximate surface area is 168 Å². The van der Waals surface area contributed by atoms with E-state index in [1.165, 1.54) is 7.11 Å². The number of hydrogen-bond donors (Lipinski definition) is 1. The molecule has 0 radical (unpaired) electrons. The van der Waals surface area contributed by atoms with E-state index in [-0.39, 0.29) is 6.54 Å². The standard InChI is InChI=1S/C21H23NO7/c1-25-16-6-5-12(8-17(16)26-2)7-15-13-9-18(27-3)19(28-4)10-14(13)20(11-22-15)29-21(23)24/h5-6,8-10,20H,7,11H2,1-4H3,(H,23,24). The Balaban J connectivity index is 2.01. The normalized spacial score (nSPS) is 15.0. The topological polar surface area (TPSA) is 95.8 Å². The van der Waals surface area contributed by atoms with Gasteiger partial charge >= 0.3 is 6.16 Å². The number of fused-ring (bicyclic) bond motifs is 1. The quantitative estimate of drug-likeness (QED) is 0.709. The predicted molar refractivity (Wildman–Crippen MR) is 106 cm³/mol. The van der Waals surface area contributed by atoms with E-state index in [1.54, 1.807) is 33.5 Å². The molecular formula is C21H23NO7. The van der Waals surface area contributed by atoms with Gasteiger partial charge in [0.05, 0.1) is 35.0 Å². The summed E-state index contributed by atoms with van der Waals surface area (Å²) in [4.78, 5) is 15.7. The molecule has 1 aliphatic heterocycles. The molecule has 0 aromatic heterocycles. The van der Waals surface area contributed by atoms with E-state index in [9.17, 15) is 4.79 Å². The van der Waals surface area contributed by atoms with Gasteiger partial charge < -0.3 is 28.8 Å². The van der Waals surface area contributed by atoms with Crippen LogP contribution in [0.5, 0.6) is 23.0 Å². The van der Waals surface area contributed by atoms with Crippen molar-refractivity contribution >= 4 is 11.9 Å². The minimum absolute atomic E-state index is 0.192. The average molecular weight is 401 g/mol. The number of methoxy groups -OCH3 is 4. The van der Waals surface area contributed by atoms with Crippen molar-refractivity contribution in [3.8, 4) is 23.0 Å². The minimum atomic E-state index is -1.35. The maximum Gasteiger partial charge on any atom is 0.506 e. The highest BCUT2D eigenvalue weighted by atomic mass is 16.7. The molecule has 0 spiro atoms. The monoisotopic (exact) mass is 401 g/mol. The van der Waals surface area contributed by atoms with Crippen LogP contribution < -0.4 is 18.9 Å². The van der Waals surface area contributed by atoms with Crippen molar-refractivity contribution in [3.63, 3.8) is 0 Å². The summed E-state index contributed by atoms with van der Waals surface area (Å²) in [7, 11) is 6.24. The Morgan fingerprint density at radius 1 is 0.966 bits per heavy atom. The molecule has 0 amide bonds. The average Bonchev–Trinajstić information content (AvgIpc) is 2.73. The van der Waals surface area contributed by atoms with Crippen LogP contribution in [0.3, 0.4) is 0 Å². The van der Waals surface area contributed by atoms with E-state index in [0.29, 0.717) is 35.0 Å². The first-order valence-corrected chi connectivity index (χ1v) is 8.90. The first-order chi connectivity index (χ1) is 14.0. The Morgan fingerprint density at radius 3 is 2.21 bits per heavy atom. The largest absolute Gasteiger partial charge is 0.506 e. The molecule has 2 aromatic carbocycles. The Morgan fingerprint density at radius 2 is 1.59 bits per heavy atom. The molecule has 1 unspecified atom stereocenters. The van der Waals surface area contributed by atoms with Gasteiger partial charge in [-0.05, 0) is 29.8 Å². The van der Waals surface area contributed by atoms with Crippen molar-refractivity contribution in [2.75, 3.05) is 35.0 Å². The number of hydrogen-bond acceptors (Lipinski definition) is 7. The molecule has 2 aromatic rings. The van der Waals surface area contributed by atoms with Crippen molar-refractivity contribution in [3.05, 3.63) is 47.0 Å². The molecule has 1 atom stereocenters. The number of aliphatic imine (C=N–C) groups is 1. The van der Waals surface area contributed by atoms with E-state index in [1.807, 2.05) is 18.2 Å². The van der Waals surface area contributed by atoms with E-state index < -0.39 is 12.3 Å². The third-order valence-corrected chi connectivity index (χ3v) is 4.72. The van der Waals surface area contributed by atoms with Crippen LogP contribution in [0.15, 0.2) is 35.3 Å². The second kappa shape index (κ2) is 8.72. The lowest BCUT2D eigenvalue weighted by Crippen LogP contribution is -2.23. The highest BCUT2D eigenvalue weighted by Crippen LogP contribution is 2.38. The Bertz CT molecular complexity index is 939. The Hall–Kier alpha value is -3.42. The number of carbonyl (C=O) groups is 1. The van der Waals surface area contributed by atoms with Crippen molar-refractivity contribution in [1.82, 2.24) is 0 Å². The summed E-state index contributed by atoms with van der Waals surface area (Å²) in [5, 5.41) is 9.07. The van der Waals surface area contributed by atoms with E-state index >= 15 is 0 Å². The summed E-state index contributed by atoms with van der Waals surface area (Å²) >= 11 is 0. The van der Waals surface area contributed by atoms with Gasteiger partial charge in [-0.3, -0.25) is 4.99 Å². The van der Waals surface area contributed by atoms with Gasteiger partial charge in [0.15, 0.2) is 29.1 Å². The molecule has 0 saturated carbocycles. The van der Waals surface area contributed by atoms with Gasteiger partial charge in [0.2, 0.25) is 0 Å². The van der Waals surface area contributed by atoms with Crippen LogP contribution in [0.4, 0.5) is 4.79 Å². The van der Waals surface area contributed by atoms with Crippen LogP contribution in [-0.2, 0) is 11.2 Å². The fourth-order valence-corrected chi connectivity index (χ4v) is 3.35. The highest BCUT2D eigenvalue weighted by Gasteiger charge is 2.28. The van der Waals surface area contributed by atoms with Crippen molar-refractivity contribution in [1.29, 1.82) is 0 Å². The van der Waals surface area contributed by atoms with Crippen LogP contribution >= 0.6 is 0 Å². The summed E-state index contributed by atoms with van der Waals surface area (Å²) in [5.74, 6) is 2.30. The molecule has 0 bridgehead atoms. The van der Waals surface area contributed by atoms with Crippen molar-refractivity contribution in [2.24, 2.45) is 4.99 Å². The highest BCUT2D eigenvalue weighted by molar-refractivity contribution is 6.04. The summed E-state index contributed by atoms with van der Waals surface area (Å²) in [5.41, 5.74) is 3.21. The lowest BCUT2D eigenvalue weighted by atomic mass is 9.91. The molecule has 3 rings (SSSR count).